The highest BCUT2D eigenvalue weighted by Gasteiger charge is 2.23. The van der Waals surface area contributed by atoms with Crippen molar-refractivity contribution in [3.63, 3.8) is 0 Å². The SMILES string of the molecule is CCOc1cc(/C=C(\C#N)c2ccc(Cl)cc2Cl)cc(Br)c1Oc1ccc([N+](=O)[O-])cc1[N+](=O)[O-]. The van der Waals surface area contributed by atoms with Crippen LogP contribution in [0.1, 0.15) is 18.1 Å². The van der Waals surface area contributed by atoms with Crippen molar-refractivity contribution in [2.45, 2.75) is 6.92 Å². The number of rotatable bonds is 8. The fourth-order valence-electron chi connectivity index (χ4n) is 3.04. The van der Waals surface area contributed by atoms with Crippen LogP contribution in [-0.2, 0) is 0 Å². The van der Waals surface area contributed by atoms with Crippen LogP contribution in [-0.4, -0.2) is 16.5 Å². The number of hydrogen-bond donors (Lipinski definition) is 0. The van der Waals surface area contributed by atoms with E-state index in [1.54, 1.807) is 37.3 Å². The highest BCUT2D eigenvalue weighted by molar-refractivity contribution is 9.10. The van der Waals surface area contributed by atoms with Crippen molar-refractivity contribution in [3.05, 3.63) is 94.4 Å². The average molecular weight is 579 g/mol. The Kier molecular flexibility index (Phi) is 8.30. The second kappa shape index (κ2) is 11.2. The van der Waals surface area contributed by atoms with Gasteiger partial charge < -0.3 is 9.47 Å². The minimum Gasteiger partial charge on any atom is -0.490 e. The summed E-state index contributed by atoms with van der Waals surface area (Å²) in [4.78, 5) is 21.0. The summed E-state index contributed by atoms with van der Waals surface area (Å²) in [5.41, 5.74) is 0.267. The molecule has 3 aromatic carbocycles. The van der Waals surface area contributed by atoms with Crippen LogP contribution in [0.25, 0.3) is 11.6 Å². The van der Waals surface area contributed by atoms with Crippen LogP contribution in [0.3, 0.4) is 0 Å². The zero-order valence-electron chi connectivity index (χ0n) is 17.8. The van der Waals surface area contributed by atoms with Crippen LogP contribution in [0.4, 0.5) is 11.4 Å². The predicted molar refractivity (Wildman–Crippen MR) is 135 cm³/mol. The Hall–Kier alpha value is -3.65. The van der Waals surface area contributed by atoms with E-state index in [4.69, 9.17) is 32.7 Å². The lowest BCUT2D eigenvalue weighted by Gasteiger charge is -2.15. The smallest absolute Gasteiger partial charge is 0.318 e. The molecule has 0 aliphatic carbocycles. The van der Waals surface area contributed by atoms with Gasteiger partial charge in [0.1, 0.15) is 0 Å². The summed E-state index contributed by atoms with van der Waals surface area (Å²) in [6.45, 7) is 1.98. The number of nitrogens with zero attached hydrogens (tertiary/aromatic N) is 3. The molecule has 0 amide bonds. The number of benzene rings is 3. The number of allylic oxidation sites excluding steroid dienone is 1. The monoisotopic (exact) mass is 577 g/mol. The Bertz CT molecular complexity index is 1400. The van der Waals surface area contributed by atoms with E-state index in [-0.39, 0.29) is 29.4 Å². The van der Waals surface area contributed by atoms with E-state index in [0.717, 1.165) is 18.2 Å². The highest BCUT2D eigenvalue weighted by atomic mass is 79.9. The van der Waals surface area contributed by atoms with Crippen LogP contribution < -0.4 is 9.47 Å². The molecule has 0 atom stereocenters. The van der Waals surface area contributed by atoms with E-state index < -0.39 is 21.2 Å². The van der Waals surface area contributed by atoms with Gasteiger partial charge in [0.15, 0.2) is 11.5 Å². The Labute approximate surface area is 217 Å². The zero-order chi connectivity index (χ0) is 25.7. The number of halogens is 3. The minimum absolute atomic E-state index is 0.115. The summed E-state index contributed by atoms with van der Waals surface area (Å²) in [7, 11) is 0. The van der Waals surface area contributed by atoms with Crippen molar-refractivity contribution in [1.82, 2.24) is 0 Å². The normalized spacial score (nSPS) is 11.0. The number of non-ortho nitro benzene ring substituents is 1. The van der Waals surface area contributed by atoms with Gasteiger partial charge in [-0.15, -0.1) is 0 Å². The van der Waals surface area contributed by atoms with Gasteiger partial charge in [0, 0.05) is 16.7 Å². The summed E-state index contributed by atoms with van der Waals surface area (Å²) >= 11 is 15.6. The Morgan fingerprint density at radius 3 is 2.43 bits per heavy atom. The Morgan fingerprint density at radius 2 is 1.83 bits per heavy atom. The van der Waals surface area contributed by atoms with E-state index in [1.807, 2.05) is 0 Å². The second-order valence-electron chi connectivity index (χ2n) is 6.83. The number of nitro benzene ring substituents is 2. The molecule has 12 heteroatoms. The summed E-state index contributed by atoms with van der Waals surface area (Å²) in [6, 6.07) is 13.1. The largest absolute Gasteiger partial charge is 0.490 e. The molecule has 0 saturated heterocycles. The molecule has 0 spiro atoms. The first-order chi connectivity index (χ1) is 16.6. The number of nitro groups is 2. The standard InChI is InChI=1S/C23H14BrCl2N3O6/c1-2-34-22-9-13(7-14(12-27)17-5-3-15(25)10-19(17)26)8-18(24)23(22)35-21-6-4-16(28(30)31)11-20(21)29(32)33/h3-11H,2H2,1H3/b14-7+. The molecule has 0 N–H and O–H groups in total. The molecule has 3 aromatic rings. The first kappa shape index (κ1) is 26.0. The van der Waals surface area contributed by atoms with Gasteiger partial charge >= 0.3 is 5.69 Å². The molecular weight excluding hydrogens is 565 g/mol. The third-order valence-electron chi connectivity index (χ3n) is 4.55. The lowest BCUT2D eigenvalue weighted by Crippen LogP contribution is -1.99. The van der Waals surface area contributed by atoms with Crippen molar-refractivity contribution >= 4 is 62.2 Å². The van der Waals surface area contributed by atoms with Crippen LogP contribution in [0.15, 0.2) is 53.0 Å². The molecule has 9 nitrogen and oxygen atoms in total. The lowest BCUT2D eigenvalue weighted by atomic mass is 10.0. The molecule has 0 aliphatic heterocycles. The average Bonchev–Trinajstić information content (AvgIpc) is 2.80. The summed E-state index contributed by atoms with van der Waals surface area (Å²) in [5, 5.41) is 32.9. The molecule has 0 fully saturated rings. The third kappa shape index (κ3) is 6.08. The molecule has 178 valence electrons. The molecule has 0 heterocycles. The maximum Gasteiger partial charge on any atom is 0.318 e. The lowest BCUT2D eigenvalue weighted by molar-refractivity contribution is -0.394. The molecule has 0 radical (unpaired) electrons. The molecule has 3 rings (SSSR count). The van der Waals surface area contributed by atoms with Crippen molar-refractivity contribution < 1.29 is 19.3 Å². The Morgan fingerprint density at radius 1 is 1.09 bits per heavy atom. The maximum absolute atomic E-state index is 11.5. The van der Waals surface area contributed by atoms with Gasteiger partial charge in [-0.1, -0.05) is 29.3 Å². The molecule has 0 saturated carbocycles. The van der Waals surface area contributed by atoms with Gasteiger partial charge in [-0.3, -0.25) is 20.2 Å². The molecule has 0 unspecified atom stereocenters. The number of nitriles is 1. The van der Waals surface area contributed by atoms with Gasteiger partial charge in [-0.2, -0.15) is 5.26 Å². The molecule has 35 heavy (non-hydrogen) atoms. The fraction of sp³-hybridized carbons (Fsp3) is 0.0870. The van der Waals surface area contributed by atoms with E-state index in [2.05, 4.69) is 22.0 Å². The summed E-state index contributed by atoms with van der Waals surface area (Å²) in [6.07, 6.45) is 1.58. The van der Waals surface area contributed by atoms with E-state index in [1.165, 1.54) is 6.07 Å². The van der Waals surface area contributed by atoms with Crippen LogP contribution >= 0.6 is 39.1 Å². The van der Waals surface area contributed by atoms with Crippen molar-refractivity contribution in [2.75, 3.05) is 6.61 Å². The van der Waals surface area contributed by atoms with Crippen LogP contribution in [0.2, 0.25) is 10.0 Å². The van der Waals surface area contributed by atoms with E-state index in [9.17, 15) is 25.5 Å². The van der Waals surface area contributed by atoms with E-state index in [0.29, 0.717) is 25.6 Å². The van der Waals surface area contributed by atoms with Crippen LogP contribution in [0, 0.1) is 31.6 Å². The maximum atomic E-state index is 11.5. The quantitative estimate of drug-likeness (QED) is 0.115. The van der Waals surface area contributed by atoms with Crippen molar-refractivity contribution in [1.29, 1.82) is 5.26 Å². The third-order valence-corrected chi connectivity index (χ3v) is 5.68. The summed E-state index contributed by atoms with van der Waals surface area (Å²) in [5.74, 6) is 0.125. The Balaban J connectivity index is 2.08. The van der Waals surface area contributed by atoms with Gasteiger partial charge in [0.2, 0.25) is 5.75 Å². The van der Waals surface area contributed by atoms with Crippen LogP contribution in [0.5, 0.6) is 17.2 Å². The van der Waals surface area contributed by atoms with Gasteiger partial charge in [0.05, 0.1) is 43.7 Å². The number of hydrogen-bond acceptors (Lipinski definition) is 7. The summed E-state index contributed by atoms with van der Waals surface area (Å²) < 4.78 is 11.8. The zero-order valence-corrected chi connectivity index (χ0v) is 20.9. The van der Waals surface area contributed by atoms with E-state index >= 15 is 0 Å². The second-order valence-corrected chi connectivity index (χ2v) is 8.52. The first-order valence-electron chi connectivity index (χ1n) is 9.78. The van der Waals surface area contributed by atoms with Gasteiger partial charge in [-0.05, 0) is 64.8 Å². The molecule has 0 bridgehead atoms. The number of ether oxygens (including phenoxy) is 2. The molecular formula is C23H14BrCl2N3O6. The van der Waals surface area contributed by atoms with Crippen molar-refractivity contribution in [2.24, 2.45) is 0 Å². The highest BCUT2D eigenvalue weighted by Crippen LogP contribution is 2.43. The van der Waals surface area contributed by atoms with Gasteiger partial charge in [-0.25, -0.2) is 0 Å². The topological polar surface area (TPSA) is 129 Å². The molecule has 0 aromatic heterocycles. The first-order valence-corrected chi connectivity index (χ1v) is 11.3. The molecule has 0 aliphatic rings. The van der Waals surface area contributed by atoms with Gasteiger partial charge in [0.25, 0.3) is 5.69 Å². The van der Waals surface area contributed by atoms with Crippen molar-refractivity contribution in [3.8, 4) is 23.3 Å². The minimum atomic E-state index is -0.775. The predicted octanol–water partition coefficient (Wildman–Crippen LogP) is 7.83. The fourth-order valence-corrected chi connectivity index (χ4v) is 4.09.